The Kier molecular flexibility index (Phi) is 7.56. The minimum absolute atomic E-state index is 0.0469. The third kappa shape index (κ3) is 5.79. The molecule has 2 aromatic carbocycles. The van der Waals surface area contributed by atoms with Gasteiger partial charge < -0.3 is 9.64 Å². The minimum atomic E-state index is -4.10. The molecule has 0 aliphatic heterocycles. The number of nitrogens with zero attached hydrogens (tertiary/aromatic N) is 1. The maximum atomic E-state index is 14.0. The average Bonchev–Trinajstić information content (AvgIpc) is 2.66. The number of sulfonamides is 1. The van der Waals surface area contributed by atoms with Crippen LogP contribution in [-0.4, -0.2) is 46.0 Å². The minimum Gasteiger partial charge on any atom is -0.492 e. The lowest BCUT2D eigenvalue weighted by molar-refractivity contribution is 0.0773. The molecule has 0 radical (unpaired) electrons. The van der Waals surface area contributed by atoms with Crippen LogP contribution in [0, 0.1) is 5.82 Å². The van der Waals surface area contributed by atoms with E-state index in [-0.39, 0.29) is 25.3 Å². The fourth-order valence-electron chi connectivity index (χ4n) is 2.27. The van der Waals surface area contributed by atoms with Gasteiger partial charge in [-0.1, -0.05) is 23.7 Å². The molecule has 0 aromatic heterocycles. The number of amides is 1. The molecule has 0 saturated carbocycles. The number of ether oxygens (including phenoxy) is 1. The summed E-state index contributed by atoms with van der Waals surface area (Å²) >= 11 is 5.88. The van der Waals surface area contributed by atoms with Crippen molar-refractivity contribution in [3.05, 3.63) is 71.5 Å². The monoisotopic (exact) mass is 426 g/mol. The summed E-state index contributed by atoms with van der Waals surface area (Å²) in [5.74, 6) is -0.841. The highest BCUT2D eigenvalue weighted by Gasteiger charge is 2.21. The highest BCUT2D eigenvalue weighted by Crippen LogP contribution is 2.18. The fraction of sp³-hybridized carbons (Fsp3) is 0.211. The highest BCUT2D eigenvalue weighted by molar-refractivity contribution is 7.89. The first kappa shape index (κ1) is 21.9. The molecule has 2 aromatic rings. The number of benzene rings is 2. The second kappa shape index (κ2) is 9.68. The van der Waals surface area contributed by atoms with E-state index in [0.717, 1.165) is 12.1 Å². The third-order valence-corrected chi connectivity index (χ3v) is 5.40. The van der Waals surface area contributed by atoms with Crippen molar-refractivity contribution in [3.63, 3.8) is 0 Å². The lowest BCUT2D eigenvalue weighted by Gasteiger charge is -2.18. The van der Waals surface area contributed by atoms with Gasteiger partial charge in [-0.15, -0.1) is 6.58 Å². The molecule has 0 aliphatic rings. The van der Waals surface area contributed by atoms with Crippen molar-refractivity contribution in [1.29, 1.82) is 0 Å². The summed E-state index contributed by atoms with van der Waals surface area (Å²) in [6.07, 6.45) is 1.33. The van der Waals surface area contributed by atoms with E-state index < -0.39 is 26.6 Å². The molecule has 0 spiro atoms. The second-order valence-corrected chi connectivity index (χ2v) is 7.99. The summed E-state index contributed by atoms with van der Waals surface area (Å²) in [4.78, 5) is 13.3. The topological polar surface area (TPSA) is 75.7 Å². The molecule has 28 heavy (non-hydrogen) atoms. The molecule has 0 aliphatic carbocycles. The largest absolute Gasteiger partial charge is 0.492 e. The quantitative estimate of drug-likeness (QED) is 0.625. The maximum absolute atomic E-state index is 14.0. The van der Waals surface area contributed by atoms with Crippen molar-refractivity contribution in [2.75, 3.05) is 26.7 Å². The number of nitrogens with one attached hydrogen (secondary N) is 1. The van der Waals surface area contributed by atoms with E-state index in [4.69, 9.17) is 16.3 Å². The molecule has 2 rings (SSSR count). The second-order valence-electron chi connectivity index (χ2n) is 5.82. The van der Waals surface area contributed by atoms with E-state index in [2.05, 4.69) is 11.3 Å². The summed E-state index contributed by atoms with van der Waals surface area (Å²) in [6.45, 7) is 3.79. The van der Waals surface area contributed by atoms with Gasteiger partial charge in [0.05, 0.1) is 6.54 Å². The smallest absolute Gasteiger partial charge is 0.253 e. The first-order chi connectivity index (χ1) is 13.2. The van der Waals surface area contributed by atoms with Crippen molar-refractivity contribution in [2.24, 2.45) is 0 Å². The molecule has 9 heteroatoms. The van der Waals surface area contributed by atoms with Crippen LogP contribution >= 0.6 is 11.6 Å². The highest BCUT2D eigenvalue weighted by atomic mass is 35.5. The number of carbonyl (C=O) groups is 1. The van der Waals surface area contributed by atoms with Crippen LogP contribution in [0.4, 0.5) is 4.39 Å². The normalized spacial score (nSPS) is 11.1. The van der Waals surface area contributed by atoms with Gasteiger partial charge >= 0.3 is 0 Å². The summed E-state index contributed by atoms with van der Waals surface area (Å²) in [7, 11) is -2.56. The van der Waals surface area contributed by atoms with Crippen LogP contribution in [0.5, 0.6) is 5.75 Å². The van der Waals surface area contributed by atoms with Gasteiger partial charge in [0.25, 0.3) is 5.91 Å². The standard InChI is InChI=1S/C19H20ClFN2O4S/c1-3-9-22-28(25,26)18-12-14(7-8-17(18)21)19(24)23(2)10-11-27-16-6-4-5-15(20)13-16/h3-8,12-13,22H,1,9-11H2,2H3. The van der Waals surface area contributed by atoms with E-state index in [1.807, 2.05) is 0 Å². The molecule has 0 unspecified atom stereocenters. The first-order valence-corrected chi connectivity index (χ1v) is 10.1. The molecule has 1 N–H and O–H groups in total. The Morgan fingerprint density at radius 3 is 2.75 bits per heavy atom. The van der Waals surface area contributed by atoms with Crippen molar-refractivity contribution in [2.45, 2.75) is 4.90 Å². The Morgan fingerprint density at radius 1 is 1.32 bits per heavy atom. The van der Waals surface area contributed by atoms with Gasteiger partial charge in [-0.05, 0) is 36.4 Å². The van der Waals surface area contributed by atoms with Crippen LogP contribution in [0.2, 0.25) is 5.02 Å². The van der Waals surface area contributed by atoms with E-state index >= 15 is 0 Å². The maximum Gasteiger partial charge on any atom is 0.253 e. The van der Waals surface area contributed by atoms with Gasteiger partial charge in [-0.2, -0.15) is 0 Å². The van der Waals surface area contributed by atoms with Crippen molar-refractivity contribution < 1.29 is 22.3 Å². The summed E-state index contributed by atoms with van der Waals surface area (Å²) in [6, 6.07) is 10.0. The molecule has 0 heterocycles. The molecule has 0 fully saturated rings. The average molecular weight is 427 g/mol. The van der Waals surface area contributed by atoms with E-state index in [1.54, 1.807) is 24.3 Å². The number of hydrogen-bond donors (Lipinski definition) is 1. The van der Waals surface area contributed by atoms with Crippen LogP contribution in [0.25, 0.3) is 0 Å². The number of carbonyl (C=O) groups excluding carboxylic acids is 1. The first-order valence-electron chi connectivity index (χ1n) is 8.28. The number of rotatable bonds is 9. The number of halogens is 2. The Morgan fingerprint density at radius 2 is 2.07 bits per heavy atom. The third-order valence-electron chi connectivity index (χ3n) is 3.72. The van der Waals surface area contributed by atoms with Gasteiger partial charge in [-0.3, -0.25) is 4.79 Å². The SMILES string of the molecule is C=CCNS(=O)(=O)c1cc(C(=O)N(C)CCOc2cccc(Cl)c2)ccc1F. The van der Waals surface area contributed by atoms with E-state index in [9.17, 15) is 17.6 Å². The number of hydrogen-bond acceptors (Lipinski definition) is 4. The van der Waals surface area contributed by atoms with Crippen LogP contribution < -0.4 is 9.46 Å². The van der Waals surface area contributed by atoms with Gasteiger partial charge in [0.15, 0.2) is 0 Å². The Balaban J connectivity index is 2.06. The van der Waals surface area contributed by atoms with Crippen molar-refractivity contribution in [1.82, 2.24) is 9.62 Å². The molecular formula is C19H20ClFN2O4S. The van der Waals surface area contributed by atoms with E-state index in [1.165, 1.54) is 24.1 Å². The molecule has 0 saturated heterocycles. The predicted octanol–water partition coefficient (Wildman–Crippen LogP) is 3.09. The summed E-state index contributed by atoms with van der Waals surface area (Å²) < 4.78 is 46.0. The summed E-state index contributed by atoms with van der Waals surface area (Å²) in [5.41, 5.74) is 0.0469. The zero-order chi connectivity index (χ0) is 20.7. The van der Waals surface area contributed by atoms with Crippen molar-refractivity contribution in [3.8, 4) is 5.75 Å². The van der Waals surface area contributed by atoms with Crippen LogP contribution in [0.3, 0.4) is 0 Å². The van der Waals surface area contributed by atoms with Crippen LogP contribution in [-0.2, 0) is 10.0 Å². The molecule has 150 valence electrons. The Labute approximate surface area is 168 Å². The van der Waals surface area contributed by atoms with Gasteiger partial charge in [-0.25, -0.2) is 17.5 Å². The zero-order valence-corrected chi connectivity index (χ0v) is 16.8. The van der Waals surface area contributed by atoms with Crippen molar-refractivity contribution >= 4 is 27.5 Å². The Bertz CT molecular complexity index is 966. The van der Waals surface area contributed by atoms with E-state index in [0.29, 0.717) is 10.8 Å². The van der Waals surface area contributed by atoms with Gasteiger partial charge in [0, 0.05) is 24.2 Å². The lowest BCUT2D eigenvalue weighted by Crippen LogP contribution is -2.31. The number of likely N-dealkylation sites (N-methyl/N-ethyl adjacent to an activating group) is 1. The summed E-state index contributed by atoms with van der Waals surface area (Å²) in [5, 5.41) is 0.534. The molecule has 0 bridgehead atoms. The van der Waals surface area contributed by atoms with Gasteiger partial charge in [0.1, 0.15) is 23.1 Å². The zero-order valence-electron chi connectivity index (χ0n) is 15.2. The molecule has 6 nitrogen and oxygen atoms in total. The van der Waals surface area contributed by atoms with Crippen LogP contribution in [0.1, 0.15) is 10.4 Å². The lowest BCUT2D eigenvalue weighted by atomic mass is 10.2. The predicted molar refractivity (Wildman–Crippen MR) is 106 cm³/mol. The van der Waals surface area contributed by atoms with Gasteiger partial charge in [0.2, 0.25) is 10.0 Å². The Hall–Kier alpha value is -2.42. The molecular weight excluding hydrogens is 407 g/mol. The fourth-order valence-corrected chi connectivity index (χ4v) is 3.55. The molecule has 1 amide bonds. The molecule has 0 atom stereocenters. The van der Waals surface area contributed by atoms with Crippen LogP contribution in [0.15, 0.2) is 60.0 Å².